The van der Waals surface area contributed by atoms with Crippen LogP contribution in [0.15, 0.2) is 48.0 Å². The van der Waals surface area contributed by atoms with Crippen molar-refractivity contribution in [3.63, 3.8) is 0 Å². The van der Waals surface area contributed by atoms with Crippen LogP contribution in [0.25, 0.3) is 0 Å². The molecular weight excluding hydrogens is 497 g/mol. The van der Waals surface area contributed by atoms with Crippen molar-refractivity contribution in [1.29, 1.82) is 0 Å². The predicted octanol–water partition coefficient (Wildman–Crippen LogP) is 3.37. The Morgan fingerprint density at radius 3 is 2.90 bits per heavy atom. The monoisotopic (exact) mass is 527 g/mol. The lowest BCUT2D eigenvalue weighted by Gasteiger charge is -2.39. The van der Waals surface area contributed by atoms with Gasteiger partial charge in [0.05, 0.1) is 23.8 Å². The van der Waals surface area contributed by atoms with E-state index in [2.05, 4.69) is 38.9 Å². The Kier molecular flexibility index (Phi) is 9.34. The number of aliphatic imine (C=N–C) groups is 1. The van der Waals surface area contributed by atoms with Crippen LogP contribution in [0.3, 0.4) is 0 Å². The van der Waals surface area contributed by atoms with E-state index in [0.29, 0.717) is 30.7 Å². The molecule has 2 N–H and O–H groups in total. The van der Waals surface area contributed by atoms with E-state index in [1.807, 2.05) is 18.7 Å². The summed E-state index contributed by atoms with van der Waals surface area (Å²) < 4.78 is 2.18. The molecule has 1 aliphatic rings. The van der Waals surface area contributed by atoms with Crippen LogP contribution >= 0.6 is 24.0 Å². The zero-order valence-corrected chi connectivity index (χ0v) is 19.7. The maximum Gasteiger partial charge on any atom is 0.292 e. The molecule has 2 atom stereocenters. The summed E-state index contributed by atoms with van der Waals surface area (Å²) in [7, 11) is 0. The Hall–Kier alpha value is -2.37. The molecule has 0 spiro atoms. The van der Waals surface area contributed by atoms with Crippen LogP contribution in [0.5, 0.6) is 0 Å². The van der Waals surface area contributed by atoms with Gasteiger partial charge in [0.2, 0.25) is 0 Å². The largest absolute Gasteiger partial charge is 0.378 e. The molecule has 0 radical (unpaired) electrons. The summed E-state index contributed by atoms with van der Waals surface area (Å²) >= 11 is 0. The number of guanidine groups is 1. The van der Waals surface area contributed by atoms with Gasteiger partial charge >= 0.3 is 0 Å². The van der Waals surface area contributed by atoms with Crippen LogP contribution < -0.4 is 10.6 Å². The van der Waals surface area contributed by atoms with Crippen LogP contribution in [0.4, 0.5) is 11.4 Å². The number of rotatable bonds is 7. The molecule has 0 aliphatic carbocycles. The highest BCUT2D eigenvalue weighted by molar-refractivity contribution is 14.0. The number of nitrogens with zero attached hydrogens (tertiary/aromatic N) is 5. The second-order valence-electron chi connectivity index (χ2n) is 7.23. The van der Waals surface area contributed by atoms with Crippen molar-refractivity contribution in [3.8, 4) is 0 Å². The number of imidazole rings is 1. The van der Waals surface area contributed by atoms with Gasteiger partial charge < -0.3 is 20.1 Å². The summed E-state index contributed by atoms with van der Waals surface area (Å²) in [5.74, 6) is 1.46. The van der Waals surface area contributed by atoms with Gasteiger partial charge in [-0.05, 0) is 25.3 Å². The van der Waals surface area contributed by atoms with Gasteiger partial charge in [-0.1, -0.05) is 19.1 Å². The Balaban J connectivity index is 0.00000320. The minimum absolute atomic E-state index is 0. The van der Waals surface area contributed by atoms with Crippen molar-refractivity contribution in [2.45, 2.75) is 26.3 Å². The van der Waals surface area contributed by atoms with Gasteiger partial charge in [0.15, 0.2) is 5.96 Å². The first-order chi connectivity index (χ1) is 14.1. The first-order valence-corrected chi connectivity index (χ1v) is 10.1. The van der Waals surface area contributed by atoms with Crippen molar-refractivity contribution in [1.82, 2.24) is 19.8 Å². The van der Waals surface area contributed by atoms with Gasteiger partial charge in [0, 0.05) is 44.6 Å². The molecule has 164 valence electrons. The third-order valence-corrected chi connectivity index (χ3v) is 5.25. The summed E-state index contributed by atoms with van der Waals surface area (Å²) in [5.41, 5.74) is 0.598. The van der Waals surface area contributed by atoms with Gasteiger partial charge in [0.1, 0.15) is 5.69 Å². The zero-order chi connectivity index (χ0) is 20.6. The minimum atomic E-state index is -0.374. The first kappa shape index (κ1) is 23.9. The fourth-order valence-electron chi connectivity index (χ4n) is 3.66. The molecule has 2 unspecified atom stereocenters. The smallest absolute Gasteiger partial charge is 0.292 e. The Morgan fingerprint density at radius 1 is 1.40 bits per heavy atom. The predicted molar refractivity (Wildman–Crippen MR) is 130 cm³/mol. The highest BCUT2D eigenvalue weighted by Gasteiger charge is 2.28. The highest BCUT2D eigenvalue weighted by Crippen LogP contribution is 2.27. The lowest BCUT2D eigenvalue weighted by molar-refractivity contribution is -0.384. The van der Waals surface area contributed by atoms with Crippen LogP contribution in [-0.4, -0.2) is 58.1 Å². The third-order valence-electron chi connectivity index (χ3n) is 5.25. The lowest BCUT2D eigenvalue weighted by Crippen LogP contribution is -2.49. The summed E-state index contributed by atoms with van der Waals surface area (Å²) in [4.78, 5) is 22.0. The van der Waals surface area contributed by atoms with Gasteiger partial charge in [-0.3, -0.25) is 15.1 Å². The standard InChI is InChI=1S/C20H29N7O2.HI/c1-3-22-20(24-10-9-23-17-6-4-5-7-18(17)27(28)29)25-12-8-16(2)19(14-25)26-13-11-21-15-26;/h4-7,11,13,15-16,19,23H,3,8-10,12,14H2,1-2H3,(H,22,24);1H. The molecular formula is C20H30IN7O2. The molecule has 9 nitrogen and oxygen atoms in total. The fraction of sp³-hybridized carbons (Fsp3) is 0.500. The van der Waals surface area contributed by atoms with E-state index >= 15 is 0 Å². The SMILES string of the molecule is CCNC(=NCCNc1ccccc1[N+](=O)[O-])N1CCC(C)C(n2ccnc2)C1.I. The Labute approximate surface area is 194 Å². The molecule has 0 bridgehead atoms. The number of likely N-dealkylation sites (tertiary alicyclic amines) is 1. The topological polar surface area (TPSA) is 101 Å². The van der Waals surface area contributed by atoms with E-state index in [9.17, 15) is 10.1 Å². The molecule has 2 aromatic rings. The van der Waals surface area contributed by atoms with E-state index in [1.165, 1.54) is 6.07 Å². The third kappa shape index (κ3) is 6.07. The number of benzene rings is 1. The average molecular weight is 527 g/mol. The number of nitro groups is 1. The Bertz CT molecular complexity index is 828. The Morgan fingerprint density at radius 2 is 2.20 bits per heavy atom. The maximum atomic E-state index is 11.1. The molecule has 1 aromatic carbocycles. The first-order valence-electron chi connectivity index (χ1n) is 10.1. The molecule has 3 rings (SSSR count). The number of para-hydroxylation sites is 2. The molecule has 30 heavy (non-hydrogen) atoms. The number of nitro benzene ring substituents is 1. The van der Waals surface area contributed by atoms with Crippen LogP contribution in [0.1, 0.15) is 26.3 Å². The molecule has 2 heterocycles. The van der Waals surface area contributed by atoms with Crippen molar-refractivity contribution in [2.24, 2.45) is 10.9 Å². The quantitative estimate of drug-likeness (QED) is 0.143. The van der Waals surface area contributed by atoms with Crippen LogP contribution in [0, 0.1) is 16.0 Å². The number of nitrogens with one attached hydrogen (secondary N) is 2. The minimum Gasteiger partial charge on any atom is -0.378 e. The number of hydrogen-bond acceptors (Lipinski definition) is 5. The lowest BCUT2D eigenvalue weighted by atomic mass is 9.93. The van der Waals surface area contributed by atoms with Crippen molar-refractivity contribution < 1.29 is 4.92 Å². The van der Waals surface area contributed by atoms with Crippen molar-refractivity contribution >= 4 is 41.3 Å². The van der Waals surface area contributed by atoms with Gasteiger partial charge in [-0.15, -0.1) is 24.0 Å². The number of aromatic nitrogens is 2. The van der Waals surface area contributed by atoms with Crippen LogP contribution in [-0.2, 0) is 0 Å². The fourth-order valence-corrected chi connectivity index (χ4v) is 3.66. The summed E-state index contributed by atoms with van der Waals surface area (Å²) in [6, 6.07) is 7.03. The van der Waals surface area contributed by atoms with Gasteiger partial charge in [0.25, 0.3) is 5.69 Å². The second kappa shape index (κ2) is 11.7. The van der Waals surface area contributed by atoms with E-state index in [0.717, 1.165) is 32.0 Å². The molecule has 1 saturated heterocycles. The van der Waals surface area contributed by atoms with E-state index < -0.39 is 0 Å². The highest BCUT2D eigenvalue weighted by atomic mass is 127. The molecule has 1 aliphatic heterocycles. The molecule has 0 amide bonds. The average Bonchev–Trinajstić information content (AvgIpc) is 3.25. The molecule has 1 aromatic heterocycles. The number of anilines is 1. The maximum absolute atomic E-state index is 11.1. The number of hydrogen-bond donors (Lipinski definition) is 2. The van der Waals surface area contributed by atoms with E-state index in [-0.39, 0.29) is 34.6 Å². The molecule has 1 fully saturated rings. The molecule has 0 saturated carbocycles. The zero-order valence-electron chi connectivity index (χ0n) is 17.4. The van der Waals surface area contributed by atoms with Gasteiger partial charge in [-0.2, -0.15) is 0 Å². The number of halogens is 1. The number of piperidine rings is 1. The van der Waals surface area contributed by atoms with Crippen LogP contribution in [0.2, 0.25) is 0 Å². The van der Waals surface area contributed by atoms with Gasteiger partial charge in [-0.25, -0.2) is 4.98 Å². The molecule has 10 heteroatoms. The van der Waals surface area contributed by atoms with Crippen molar-refractivity contribution in [3.05, 3.63) is 53.1 Å². The van der Waals surface area contributed by atoms with Crippen molar-refractivity contribution in [2.75, 3.05) is 38.0 Å². The van der Waals surface area contributed by atoms with E-state index in [4.69, 9.17) is 4.99 Å². The normalized spacial score (nSPS) is 19.1. The summed E-state index contributed by atoms with van der Waals surface area (Å²) in [6.07, 6.45) is 6.80. The second-order valence-corrected chi connectivity index (χ2v) is 7.23. The summed E-state index contributed by atoms with van der Waals surface area (Å²) in [5, 5.41) is 17.6. The van der Waals surface area contributed by atoms with E-state index in [1.54, 1.807) is 18.2 Å². The summed E-state index contributed by atoms with van der Waals surface area (Å²) in [6.45, 7) is 8.00.